The number of aryl methyl sites for hydroxylation is 1. The van der Waals surface area contributed by atoms with Crippen molar-refractivity contribution < 1.29 is 23.1 Å². The molecule has 0 saturated carbocycles. The summed E-state index contributed by atoms with van der Waals surface area (Å²) in [4.78, 5) is 28.6. The molecule has 240 valence electrons. The smallest absolute Gasteiger partial charge is 0.410 e. The quantitative estimate of drug-likeness (QED) is 0.310. The van der Waals surface area contributed by atoms with Crippen LogP contribution in [-0.4, -0.2) is 58.0 Å². The van der Waals surface area contributed by atoms with Gasteiger partial charge in [0.15, 0.2) is 0 Å². The van der Waals surface area contributed by atoms with Crippen molar-refractivity contribution in [3.05, 3.63) is 53.9 Å². The molecule has 9 nitrogen and oxygen atoms in total. The van der Waals surface area contributed by atoms with Gasteiger partial charge in [0.2, 0.25) is 5.91 Å². The van der Waals surface area contributed by atoms with E-state index in [1.54, 1.807) is 17.2 Å². The Hall–Kier alpha value is -4.15. The average Bonchev–Trinajstić information content (AvgIpc) is 3.38. The van der Waals surface area contributed by atoms with Crippen LogP contribution >= 0.6 is 0 Å². The highest BCUT2D eigenvalue weighted by molar-refractivity contribution is 6.00. The summed E-state index contributed by atoms with van der Waals surface area (Å²) in [6, 6.07) is 9.20. The number of rotatable bonds is 5. The third-order valence-electron chi connectivity index (χ3n) is 8.75. The topological polar surface area (TPSA) is 91.7 Å². The normalized spacial score (nSPS) is 19.0. The fraction of sp³-hybridized carbons (Fsp3) is 0.500. The molecule has 6 rings (SSSR count). The number of hydrogen-bond donors (Lipinski definition) is 2. The van der Waals surface area contributed by atoms with Gasteiger partial charge in [-0.25, -0.2) is 13.6 Å². The molecule has 0 bridgehead atoms. The first-order valence-electron chi connectivity index (χ1n) is 15.9. The minimum absolute atomic E-state index is 0.0254. The molecule has 2 aromatic carbocycles. The second-order valence-corrected chi connectivity index (χ2v) is 13.5. The van der Waals surface area contributed by atoms with Gasteiger partial charge in [-0.3, -0.25) is 9.48 Å². The molecule has 3 aromatic rings. The van der Waals surface area contributed by atoms with E-state index in [1.807, 2.05) is 62.8 Å². The summed E-state index contributed by atoms with van der Waals surface area (Å²) < 4.78 is 36.7. The van der Waals surface area contributed by atoms with Gasteiger partial charge < -0.3 is 25.2 Å². The average molecular weight is 621 g/mol. The van der Waals surface area contributed by atoms with E-state index >= 15 is 0 Å². The van der Waals surface area contributed by atoms with Crippen LogP contribution in [0.15, 0.2) is 42.7 Å². The summed E-state index contributed by atoms with van der Waals surface area (Å²) in [5, 5.41) is 11.0. The maximum Gasteiger partial charge on any atom is 0.410 e. The van der Waals surface area contributed by atoms with E-state index in [0.717, 1.165) is 48.3 Å². The van der Waals surface area contributed by atoms with Gasteiger partial charge in [0.1, 0.15) is 5.60 Å². The van der Waals surface area contributed by atoms with E-state index in [0.29, 0.717) is 55.3 Å². The van der Waals surface area contributed by atoms with Crippen LogP contribution in [0.1, 0.15) is 70.9 Å². The number of carbonyl (C=O) groups excluding carboxylic acids is 2. The second kappa shape index (κ2) is 12.3. The van der Waals surface area contributed by atoms with Gasteiger partial charge in [0.05, 0.1) is 23.3 Å². The number of ether oxygens (including phenoxy) is 1. The first kappa shape index (κ1) is 30.9. The van der Waals surface area contributed by atoms with Gasteiger partial charge in [0, 0.05) is 61.7 Å². The molecule has 3 aliphatic rings. The summed E-state index contributed by atoms with van der Waals surface area (Å²) >= 11 is 0. The Morgan fingerprint density at radius 2 is 1.91 bits per heavy atom. The van der Waals surface area contributed by atoms with E-state index in [4.69, 9.17) is 4.74 Å². The lowest BCUT2D eigenvalue weighted by Crippen LogP contribution is -2.42. The molecule has 1 aromatic heterocycles. The highest BCUT2D eigenvalue weighted by Crippen LogP contribution is 2.45. The molecular formula is C34H42F2N6O3. The van der Waals surface area contributed by atoms with Gasteiger partial charge >= 0.3 is 6.09 Å². The third kappa shape index (κ3) is 6.77. The number of piperidine rings is 1. The van der Waals surface area contributed by atoms with Crippen LogP contribution in [0.4, 0.5) is 36.3 Å². The Bertz CT molecular complexity index is 1570. The molecule has 3 aliphatic heterocycles. The fourth-order valence-electron chi connectivity index (χ4n) is 6.62. The largest absolute Gasteiger partial charge is 0.444 e. The maximum atomic E-state index is 14.7. The molecule has 1 unspecified atom stereocenters. The number of nitrogens with zero attached hydrogens (tertiary/aromatic N) is 4. The van der Waals surface area contributed by atoms with E-state index in [1.165, 1.54) is 0 Å². The number of halogens is 2. The Morgan fingerprint density at radius 3 is 2.64 bits per heavy atom. The molecule has 1 atom stereocenters. The van der Waals surface area contributed by atoms with Crippen molar-refractivity contribution in [1.29, 1.82) is 0 Å². The van der Waals surface area contributed by atoms with Crippen LogP contribution in [0.5, 0.6) is 0 Å². The van der Waals surface area contributed by atoms with Crippen molar-refractivity contribution in [2.45, 2.75) is 84.4 Å². The van der Waals surface area contributed by atoms with Crippen molar-refractivity contribution >= 4 is 34.7 Å². The van der Waals surface area contributed by atoms with Gasteiger partial charge in [-0.2, -0.15) is 5.10 Å². The van der Waals surface area contributed by atoms with Crippen molar-refractivity contribution in [3.8, 4) is 11.1 Å². The molecule has 0 spiro atoms. The Balaban J connectivity index is 1.23. The molecule has 2 N–H and O–H groups in total. The van der Waals surface area contributed by atoms with Crippen molar-refractivity contribution in [1.82, 2.24) is 14.7 Å². The SMILES string of the molecule is CC1CC(=O)Nc2cccc(N3CCCc4cc(-c5cnn(CC6CCN(C(=O)OC(C)(C)C)CC6)c5)c(C(F)F)cc43)c2N1. The van der Waals surface area contributed by atoms with Gasteiger partial charge in [-0.1, -0.05) is 6.07 Å². The lowest BCUT2D eigenvalue weighted by atomic mass is 9.92. The third-order valence-corrected chi connectivity index (χ3v) is 8.75. The summed E-state index contributed by atoms with van der Waals surface area (Å²) in [6.07, 6.45) is 4.23. The predicted molar refractivity (Wildman–Crippen MR) is 171 cm³/mol. The van der Waals surface area contributed by atoms with Crippen LogP contribution in [-0.2, 0) is 22.5 Å². The lowest BCUT2D eigenvalue weighted by molar-refractivity contribution is -0.116. The van der Waals surface area contributed by atoms with Crippen molar-refractivity contribution in [3.63, 3.8) is 0 Å². The van der Waals surface area contributed by atoms with Crippen molar-refractivity contribution in [2.24, 2.45) is 5.92 Å². The van der Waals surface area contributed by atoms with Crippen molar-refractivity contribution in [2.75, 3.05) is 35.2 Å². The highest BCUT2D eigenvalue weighted by atomic mass is 19.3. The van der Waals surface area contributed by atoms with Crippen LogP contribution in [0.3, 0.4) is 0 Å². The number of anilines is 4. The van der Waals surface area contributed by atoms with Crippen LogP contribution < -0.4 is 15.5 Å². The standard InChI is InChI=1S/C34H42F2N6O3/c1-21-15-30(43)39-27-8-5-9-28(31(27)38-21)42-12-6-7-23-16-25(26(32(35)36)17-29(23)42)24-18-37-41(20-24)19-22-10-13-40(14-11-22)33(44)45-34(2,3)4/h5,8-9,16-18,20-22,32,38H,6-7,10-15,19H2,1-4H3,(H,39,43). The number of para-hydroxylation sites is 1. The Labute approximate surface area is 262 Å². The van der Waals surface area contributed by atoms with Gasteiger partial charge in [-0.15, -0.1) is 0 Å². The van der Waals surface area contributed by atoms with E-state index < -0.39 is 12.0 Å². The first-order valence-corrected chi connectivity index (χ1v) is 15.9. The molecule has 45 heavy (non-hydrogen) atoms. The minimum atomic E-state index is -2.67. The molecule has 0 radical (unpaired) electrons. The maximum absolute atomic E-state index is 14.7. The molecule has 4 heterocycles. The molecule has 1 saturated heterocycles. The van der Waals surface area contributed by atoms with Crippen LogP contribution in [0.2, 0.25) is 0 Å². The number of aromatic nitrogens is 2. The number of hydrogen-bond acceptors (Lipinski definition) is 6. The summed E-state index contributed by atoms with van der Waals surface area (Å²) in [5.41, 5.74) is 4.76. The van der Waals surface area contributed by atoms with E-state index in [2.05, 4.69) is 20.6 Å². The molecule has 1 fully saturated rings. The Kier molecular flexibility index (Phi) is 8.45. The van der Waals surface area contributed by atoms with Gasteiger partial charge in [0.25, 0.3) is 6.43 Å². The highest BCUT2D eigenvalue weighted by Gasteiger charge is 2.30. The predicted octanol–water partition coefficient (Wildman–Crippen LogP) is 7.36. The van der Waals surface area contributed by atoms with Gasteiger partial charge in [-0.05, 0) is 94.7 Å². The number of amides is 2. The van der Waals surface area contributed by atoms with Crippen LogP contribution in [0, 0.1) is 5.92 Å². The molecule has 2 amide bonds. The zero-order valence-corrected chi connectivity index (χ0v) is 26.4. The molecular weight excluding hydrogens is 578 g/mol. The van der Waals surface area contributed by atoms with E-state index in [-0.39, 0.29) is 23.6 Å². The summed E-state index contributed by atoms with van der Waals surface area (Å²) in [6.45, 7) is 10.1. The molecule has 11 heteroatoms. The lowest BCUT2D eigenvalue weighted by Gasteiger charge is -2.34. The zero-order valence-electron chi connectivity index (χ0n) is 26.4. The number of nitrogens with one attached hydrogen (secondary N) is 2. The summed E-state index contributed by atoms with van der Waals surface area (Å²) in [5.74, 6) is 0.270. The first-order chi connectivity index (χ1) is 21.4. The number of carbonyl (C=O) groups is 2. The monoisotopic (exact) mass is 620 g/mol. The number of likely N-dealkylation sites (tertiary alicyclic amines) is 1. The number of fused-ring (bicyclic) bond motifs is 2. The minimum Gasteiger partial charge on any atom is -0.444 e. The zero-order chi connectivity index (χ0) is 31.9. The van der Waals surface area contributed by atoms with Crippen LogP contribution in [0.25, 0.3) is 11.1 Å². The Morgan fingerprint density at radius 1 is 1.13 bits per heavy atom. The summed E-state index contributed by atoms with van der Waals surface area (Å²) in [7, 11) is 0. The molecule has 0 aliphatic carbocycles. The fourth-order valence-corrected chi connectivity index (χ4v) is 6.62. The second-order valence-electron chi connectivity index (χ2n) is 13.5. The number of alkyl halides is 2. The number of benzene rings is 2. The van der Waals surface area contributed by atoms with E-state index in [9.17, 15) is 18.4 Å².